The average molecular weight is 716 g/mol. The van der Waals surface area contributed by atoms with Gasteiger partial charge in [0, 0.05) is 49.5 Å². The van der Waals surface area contributed by atoms with Crippen LogP contribution in [0.5, 0.6) is 0 Å². The molecule has 5 nitrogen and oxygen atoms in total. The molecule has 0 aliphatic carbocycles. The van der Waals surface area contributed by atoms with E-state index >= 15 is 0 Å². The van der Waals surface area contributed by atoms with Gasteiger partial charge >= 0.3 is 0 Å². The van der Waals surface area contributed by atoms with Gasteiger partial charge in [-0.3, -0.25) is 0 Å². The molecule has 0 saturated carbocycles. The second-order valence-electron chi connectivity index (χ2n) is 14.1. The first-order valence-corrected chi connectivity index (χ1v) is 18.9. The van der Waals surface area contributed by atoms with Gasteiger partial charge in [0.1, 0.15) is 0 Å². The molecular weight excluding hydrogens is 683 g/mol. The Bertz CT molecular complexity index is 3160. The summed E-state index contributed by atoms with van der Waals surface area (Å²) in [7, 11) is 0. The normalized spacial score (nSPS) is 11.6. The molecule has 0 radical (unpaired) electrons. The van der Waals surface area contributed by atoms with E-state index in [-0.39, 0.29) is 0 Å². The second-order valence-corrected chi connectivity index (χ2v) is 14.1. The molecule has 0 saturated heterocycles. The van der Waals surface area contributed by atoms with Crippen LogP contribution in [0.2, 0.25) is 0 Å². The van der Waals surface area contributed by atoms with Crippen LogP contribution in [0.4, 0.5) is 0 Å². The molecule has 0 spiro atoms. The molecule has 0 aliphatic rings. The number of benzene rings is 8. The van der Waals surface area contributed by atoms with Crippen molar-refractivity contribution in [2.24, 2.45) is 0 Å². The van der Waals surface area contributed by atoms with Crippen molar-refractivity contribution in [1.82, 2.24) is 24.5 Å². The zero-order chi connectivity index (χ0) is 37.0. The maximum atomic E-state index is 5.07. The van der Waals surface area contributed by atoms with Gasteiger partial charge in [-0.25, -0.2) is 15.0 Å². The molecule has 262 valence electrons. The van der Waals surface area contributed by atoms with Gasteiger partial charge in [0.15, 0.2) is 17.5 Å². The molecule has 1 N–H and O–H groups in total. The van der Waals surface area contributed by atoms with Gasteiger partial charge in [-0.2, -0.15) is 0 Å². The van der Waals surface area contributed by atoms with Crippen molar-refractivity contribution in [3.8, 4) is 62.1 Å². The highest BCUT2D eigenvalue weighted by Crippen LogP contribution is 2.41. The lowest BCUT2D eigenvalue weighted by molar-refractivity contribution is 1.08. The quantitative estimate of drug-likeness (QED) is 0.186. The summed E-state index contributed by atoms with van der Waals surface area (Å²) in [6.45, 7) is 0. The number of hydrogen-bond acceptors (Lipinski definition) is 3. The number of H-pyrrole nitrogens is 1. The fourth-order valence-corrected chi connectivity index (χ4v) is 8.16. The smallest absolute Gasteiger partial charge is 0.166 e. The molecule has 11 aromatic rings. The van der Waals surface area contributed by atoms with Gasteiger partial charge in [-0.05, 0) is 53.1 Å². The first-order valence-electron chi connectivity index (χ1n) is 18.9. The Hall–Kier alpha value is -7.63. The minimum atomic E-state index is 0.625. The summed E-state index contributed by atoms with van der Waals surface area (Å²) in [4.78, 5) is 18.9. The predicted molar refractivity (Wildman–Crippen MR) is 231 cm³/mol. The summed E-state index contributed by atoms with van der Waals surface area (Å²) in [6.07, 6.45) is 0. The van der Waals surface area contributed by atoms with Gasteiger partial charge in [0.05, 0.1) is 22.1 Å². The number of rotatable bonds is 6. The molecule has 0 bridgehead atoms. The number of nitrogens with one attached hydrogen (secondary N) is 1. The molecule has 0 fully saturated rings. The molecule has 0 aliphatic heterocycles. The Morgan fingerprint density at radius 1 is 0.321 bits per heavy atom. The lowest BCUT2D eigenvalue weighted by Gasteiger charge is -2.10. The molecule has 3 heterocycles. The van der Waals surface area contributed by atoms with Crippen LogP contribution in [-0.4, -0.2) is 24.5 Å². The van der Waals surface area contributed by atoms with Crippen LogP contribution in [0.3, 0.4) is 0 Å². The summed E-state index contributed by atoms with van der Waals surface area (Å²) < 4.78 is 2.39. The highest BCUT2D eigenvalue weighted by Gasteiger charge is 2.19. The Kier molecular flexibility index (Phi) is 7.42. The number of para-hydroxylation sites is 3. The van der Waals surface area contributed by atoms with Crippen LogP contribution in [0.15, 0.2) is 194 Å². The molecular formula is C51H33N5. The Morgan fingerprint density at radius 2 is 0.857 bits per heavy atom. The molecule has 11 rings (SSSR count). The van der Waals surface area contributed by atoms with Gasteiger partial charge in [0.2, 0.25) is 0 Å². The Morgan fingerprint density at radius 3 is 1.50 bits per heavy atom. The first kappa shape index (κ1) is 31.9. The van der Waals surface area contributed by atoms with Crippen LogP contribution in [0.1, 0.15) is 0 Å². The van der Waals surface area contributed by atoms with Crippen LogP contribution in [-0.2, 0) is 0 Å². The minimum absolute atomic E-state index is 0.625. The van der Waals surface area contributed by atoms with E-state index in [4.69, 9.17) is 15.0 Å². The summed E-state index contributed by atoms with van der Waals surface area (Å²) in [5.74, 6) is 1.91. The third-order valence-electron chi connectivity index (χ3n) is 10.8. The average Bonchev–Trinajstić information content (AvgIpc) is 3.83. The molecule has 0 amide bonds. The van der Waals surface area contributed by atoms with Crippen molar-refractivity contribution in [2.75, 3.05) is 0 Å². The standard InChI is InChI=1S/C51H33N5/c1-5-15-33(16-6-1)36-28-30-45-44(31-36)40-29-27-37(32-46(40)56(45)38-21-11-4-12-22-38)39-23-13-24-41-42-25-14-26-43(48(42)52-47(39)41)51-54-49(34-17-7-2-8-18-34)53-50(55-51)35-19-9-3-10-20-35/h1-32,52H. The third kappa shape index (κ3) is 5.29. The van der Waals surface area contributed by atoms with E-state index < -0.39 is 0 Å². The number of aromatic amines is 1. The van der Waals surface area contributed by atoms with Crippen molar-refractivity contribution in [3.63, 3.8) is 0 Å². The molecule has 0 atom stereocenters. The van der Waals surface area contributed by atoms with Crippen molar-refractivity contribution >= 4 is 43.6 Å². The zero-order valence-corrected chi connectivity index (χ0v) is 30.3. The minimum Gasteiger partial charge on any atom is -0.353 e. The summed E-state index contributed by atoms with van der Waals surface area (Å²) in [5, 5.41) is 4.72. The van der Waals surface area contributed by atoms with E-state index in [0.717, 1.165) is 60.8 Å². The van der Waals surface area contributed by atoms with Crippen LogP contribution in [0, 0.1) is 0 Å². The Balaban J connectivity index is 1.11. The maximum absolute atomic E-state index is 5.07. The highest BCUT2D eigenvalue weighted by atomic mass is 15.0. The van der Waals surface area contributed by atoms with Crippen molar-refractivity contribution in [2.45, 2.75) is 0 Å². The van der Waals surface area contributed by atoms with Gasteiger partial charge in [-0.1, -0.05) is 158 Å². The van der Waals surface area contributed by atoms with Crippen LogP contribution >= 0.6 is 0 Å². The third-order valence-corrected chi connectivity index (χ3v) is 10.8. The lowest BCUT2D eigenvalue weighted by atomic mass is 9.99. The van der Waals surface area contributed by atoms with Crippen molar-refractivity contribution < 1.29 is 0 Å². The SMILES string of the molecule is c1ccc(-c2ccc3c(c2)c2ccc(-c4cccc5c4[nH]c4c(-c6nc(-c7ccccc7)nc(-c7ccccc7)n6)cccc45)cc2n3-c2ccccc2)cc1. The van der Waals surface area contributed by atoms with Gasteiger partial charge in [-0.15, -0.1) is 0 Å². The summed E-state index contributed by atoms with van der Waals surface area (Å²) >= 11 is 0. The number of aromatic nitrogens is 5. The fraction of sp³-hybridized carbons (Fsp3) is 0. The topological polar surface area (TPSA) is 59.4 Å². The number of hydrogen-bond donors (Lipinski definition) is 1. The maximum Gasteiger partial charge on any atom is 0.166 e. The molecule has 8 aromatic carbocycles. The largest absolute Gasteiger partial charge is 0.353 e. The number of fused-ring (bicyclic) bond motifs is 6. The van der Waals surface area contributed by atoms with E-state index in [2.05, 4.69) is 143 Å². The molecule has 56 heavy (non-hydrogen) atoms. The van der Waals surface area contributed by atoms with Gasteiger partial charge in [0.25, 0.3) is 0 Å². The van der Waals surface area contributed by atoms with Crippen molar-refractivity contribution in [1.29, 1.82) is 0 Å². The van der Waals surface area contributed by atoms with E-state index in [1.54, 1.807) is 0 Å². The fourth-order valence-electron chi connectivity index (χ4n) is 8.16. The summed E-state index contributed by atoms with van der Waals surface area (Å²) in [5.41, 5.74) is 13.0. The molecule has 3 aromatic heterocycles. The van der Waals surface area contributed by atoms with Gasteiger partial charge < -0.3 is 9.55 Å². The highest BCUT2D eigenvalue weighted by molar-refractivity contribution is 6.16. The summed E-state index contributed by atoms with van der Waals surface area (Å²) in [6, 6.07) is 68.2. The van der Waals surface area contributed by atoms with Crippen LogP contribution < -0.4 is 0 Å². The van der Waals surface area contributed by atoms with Crippen LogP contribution in [0.25, 0.3) is 106 Å². The van der Waals surface area contributed by atoms with E-state index in [1.807, 2.05) is 60.7 Å². The second kappa shape index (κ2) is 13.0. The molecule has 0 unspecified atom stereocenters. The monoisotopic (exact) mass is 715 g/mol. The lowest BCUT2D eigenvalue weighted by Crippen LogP contribution is -2.00. The van der Waals surface area contributed by atoms with E-state index in [9.17, 15) is 0 Å². The Labute approximate surface area is 323 Å². The van der Waals surface area contributed by atoms with E-state index in [0.29, 0.717) is 17.5 Å². The predicted octanol–water partition coefficient (Wildman–Crippen LogP) is 12.9. The first-order chi connectivity index (χ1) is 27.8. The zero-order valence-electron chi connectivity index (χ0n) is 30.3. The van der Waals surface area contributed by atoms with Crippen molar-refractivity contribution in [3.05, 3.63) is 194 Å². The number of nitrogens with zero attached hydrogens (tertiary/aromatic N) is 4. The molecule has 5 heteroatoms. The van der Waals surface area contributed by atoms with E-state index in [1.165, 1.54) is 27.4 Å².